The number of rotatable bonds is 0. The van der Waals surface area contributed by atoms with Crippen LogP contribution in [0.3, 0.4) is 0 Å². The van der Waals surface area contributed by atoms with Crippen LogP contribution >= 0.6 is 0 Å². The summed E-state index contributed by atoms with van der Waals surface area (Å²) in [5.41, 5.74) is 10.5. The summed E-state index contributed by atoms with van der Waals surface area (Å²) in [5, 5.41) is 0. The van der Waals surface area contributed by atoms with E-state index in [-0.39, 0.29) is 0 Å². The maximum Gasteiger partial charge on any atom is 0.0208 e. The van der Waals surface area contributed by atoms with Gasteiger partial charge >= 0.3 is 0 Å². The van der Waals surface area contributed by atoms with E-state index in [1.807, 2.05) is 0 Å². The Bertz CT molecular complexity index is 38.2. The molecular weight excluding hydrogens is 64.0 g/mol. The van der Waals surface area contributed by atoms with Gasteiger partial charge in [-0.05, 0) is 6.42 Å². The molecule has 0 aromatic heterocycles. The first-order valence-electron chi connectivity index (χ1n) is 1.82. The van der Waals surface area contributed by atoms with Gasteiger partial charge < -0.3 is 11.5 Å². The maximum atomic E-state index is 5.24. The molecule has 2 unspecified atom stereocenters. The molecule has 1 saturated carbocycles. The van der Waals surface area contributed by atoms with Crippen molar-refractivity contribution in [3.63, 3.8) is 0 Å². The molecule has 1 aliphatic carbocycles. The van der Waals surface area contributed by atoms with Gasteiger partial charge in [0.05, 0.1) is 0 Å². The lowest BCUT2D eigenvalue weighted by molar-refractivity contribution is 0.962. The van der Waals surface area contributed by atoms with E-state index in [1.165, 1.54) is 0 Å². The van der Waals surface area contributed by atoms with E-state index in [9.17, 15) is 0 Å². The molecule has 0 heterocycles. The van der Waals surface area contributed by atoms with E-state index in [2.05, 4.69) is 0 Å². The Balaban J connectivity index is 2.20. The molecule has 30 valence electrons. The van der Waals surface area contributed by atoms with Crippen LogP contribution in [0.25, 0.3) is 0 Å². The molecule has 0 aliphatic heterocycles. The molecule has 1 fully saturated rings. The van der Waals surface area contributed by atoms with Crippen molar-refractivity contribution in [2.45, 2.75) is 18.5 Å². The average molecular weight is 72.1 g/mol. The van der Waals surface area contributed by atoms with Crippen LogP contribution in [-0.4, -0.2) is 12.1 Å². The fourth-order valence-corrected chi connectivity index (χ4v) is 0.236. The predicted molar refractivity (Wildman–Crippen MR) is 20.6 cm³/mol. The summed E-state index contributed by atoms with van der Waals surface area (Å²) in [5.74, 6) is 0. The van der Waals surface area contributed by atoms with E-state index < -0.39 is 0 Å². The number of nitrogens with two attached hydrogens (primary N) is 2. The molecule has 4 N–H and O–H groups in total. The minimum absolute atomic E-state index is 0.329. The van der Waals surface area contributed by atoms with E-state index in [0.29, 0.717) is 12.1 Å². The van der Waals surface area contributed by atoms with E-state index in [1.54, 1.807) is 0 Å². The summed E-state index contributed by atoms with van der Waals surface area (Å²) in [7, 11) is 0. The van der Waals surface area contributed by atoms with Gasteiger partial charge in [0.1, 0.15) is 0 Å². The van der Waals surface area contributed by atoms with Gasteiger partial charge in [0.25, 0.3) is 0 Å². The molecule has 5 heavy (non-hydrogen) atoms. The molecule has 0 aromatic rings. The Kier molecular flexibility index (Phi) is 0.436. The third-order valence-corrected chi connectivity index (χ3v) is 0.891. The minimum atomic E-state index is 0.329. The standard InChI is InChI=1S/C3H8N2/c4-2-1-3(2)5/h2-3H,1,4-5H2. The summed E-state index contributed by atoms with van der Waals surface area (Å²) in [4.78, 5) is 0. The van der Waals surface area contributed by atoms with Gasteiger partial charge in [0, 0.05) is 12.1 Å². The highest BCUT2D eigenvalue weighted by atomic mass is 14.9. The van der Waals surface area contributed by atoms with Crippen molar-refractivity contribution in [2.24, 2.45) is 11.5 Å². The summed E-state index contributed by atoms with van der Waals surface area (Å²) < 4.78 is 0. The van der Waals surface area contributed by atoms with Crippen LogP contribution in [0.1, 0.15) is 6.42 Å². The van der Waals surface area contributed by atoms with Gasteiger partial charge in [-0.2, -0.15) is 0 Å². The monoisotopic (exact) mass is 72.1 g/mol. The molecule has 1 rings (SSSR count). The molecule has 2 heteroatoms. The lowest BCUT2D eigenvalue weighted by atomic mass is 10.7. The van der Waals surface area contributed by atoms with Gasteiger partial charge in [0.15, 0.2) is 0 Å². The normalized spacial score (nSPS) is 49.2. The van der Waals surface area contributed by atoms with Gasteiger partial charge in [-0.3, -0.25) is 0 Å². The van der Waals surface area contributed by atoms with Crippen molar-refractivity contribution in [1.82, 2.24) is 0 Å². The Morgan fingerprint density at radius 1 is 1.20 bits per heavy atom. The number of hydrogen-bond acceptors (Lipinski definition) is 2. The van der Waals surface area contributed by atoms with Crippen molar-refractivity contribution in [2.75, 3.05) is 0 Å². The van der Waals surface area contributed by atoms with Crippen LogP contribution < -0.4 is 11.5 Å². The van der Waals surface area contributed by atoms with Gasteiger partial charge in [-0.15, -0.1) is 0 Å². The lowest BCUT2D eigenvalue weighted by Gasteiger charge is -1.70. The second-order valence-corrected chi connectivity index (χ2v) is 1.56. The first-order valence-corrected chi connectivity index (χ1v) is 1.82. The third kappa shape index (κ3) is 0.412. The zero-order valence-corrected chi connectivity index (χ0v) is 3.02. The number of hydrogen-bond donors (Lipinski definition) is 2. The molecule has 0 bridgehead atoms. The Labute approximate surface area is 31.1 Å². The quantitative estimate of drug-likeness (QED) is 0.387. The third-order valence-electron chi connectivity index (χ3n) is 0.891. The molecule has 0 saturated heterocycles. The fourth-order valence-electron chi connectivity index (χ4n) is 0.236. The summed E-state index contributed by atoms with van der Waals surface area (Å²) in [6, 6.07) is 0.657. The summed E-state index contributed by atoms with van der Waals surface area (Å²) in [6.07, 6.45) is 1.03. The highest BCUT2D eigenvalue weighted by Crippen LogP contribution is 2.12. The van der Waals surface area contributed by atoms with Crippen LogP contribution in [0.2, 0.25) is 0 Å². The first-order chi connectivity index (χ1) is 2.30. The Morgan fingerprint density at radius 3 is 1.40 bits per heavy atom. The molecule has 2 atom stereocenters. The van der Waals surface area contributed by atoms with E-state index >= 15 is 0 Å². The lowest BCUT2D eigenvalue weighted by Crippen LogP contribution is -2.12. The average Bonchev–Trinajstić information content (AvgIpc) is 1.79. The van der Waals surface area contributed by atoms with Crippen LogP contribution in [0, 0.1) is 0 Å². The zero-order chi connectivity index (χ0) is 3.86. The zero-order valence-electron chi connectivity index (χ0n) is 3.02. The molecule has 0 spiro atoms. The van der Waals surface area contributed by atoms with Crippen molar-refractivity contribution < 1.29 is 0 Å². The summed E-state index contributed by atoms with van der Waals surface area (Å²) in [6.45, 7) is 0. The molecule has 0 amide bonds. The Morgan fingerprint density at radius 2 is 1.40 bits per heavy atom. The molecular formula is C3H8N2. The van der Waals surface area contributed by atoms with Crippen molar-refractivity contribution in [3.8, 4) is 0 Å². The Hall–Kier alpha value is -0.0800. The topological polar surface area (TPSA) is 52.0 Å². The molecule has 2 nitrogen and oxygen atoms in total. The highest BCUT2D eigenvalue weighted by Gasteiger charge is 2.28. The van der Waals surface area contributed by atoms with E-state index in [0.717, 1.165) is 6.42 Å². The fraction of sp³-hybridized carbons (Fsp3) is 1.00. The van der Waals surface area contributed by atoms with Crippen LogP contribution in [0.4, 0.5) is 0 Å². The molecule has 1 aliphatic rings. The molecule has 0 radical (unpaired) electrons. The maximum absolute atomic E-state index is 5.24. The van der Waals surface area contributed by atoms with Gasteiger partial charge in [-0.1, -0.05) is 0 Å². The van der Waals surface area contributed by atoms with Crippen molar-refractivity contribution in [1.29, 1.82) is 0 Å². The highest BCUT2D eigenvalue weighted by molar-refractivity contribution is 4.93. The van der Waals surface area contributed by atoms with Crippen LogP contribution in [-0.2, 0) is 0 Å². The SMILES string of the molecule is NC1CC1N. The van der Waals surface area contributed by atoms with Gasteiger partial charge in [0.2, 0.25) is 0 Å². The summed E-state index contributed by atoms with van der Waals surface area (Å²) >= 11 is 0. The van der Waals surface area contributed by atoms with Gasteiger partial charge in [-0.25, -0.2) is 0 Å². The predicted octanol–water partition coefficient (Wildman–Crippen LogP) is -0.955. The second-order valence-electron chi connectivity index (χ2n) is 1.56. The van der Waals surface area contributed by atoms with Crippen LogP contribution in [0.15, 0.2) is 0 Å². The van der Waals surface area contributed by atoms with Crippen LogP contribution in [0.5, 0.6) is 0 Å². The molecule has 0 aromatic carbocycles. The largest absolute Gasteiger partial charge is 0.326 e. The second kappa shape index (κ2) is 0.698. The van der Waals surface area contributed by atoms with E-state index in [4.69, 9.17) is 11.5 Å². The van der Waals surface area contributed by atoms with Crippen molar-refractivity contribution in [3.05, 3.63) is 0 Å². The van der Waals surface area contributed by atoms with Crippen molar-refractivity contribution >= 4 is 0 Å². The first kappa shape index (κ1) is 3.12. The smallest absolute Gasteiger partial charge is 0.0208 e. The minimum Gasteiger partial charge on any atom is -0.326 e.